The molecular formula is C23H21N3O3. The van der Waals surface area contributed by atoms with Crippen molar-refractivity contribution in [2.75, 3.05) is 24.3 Å². The maximum absolute atomic E-state index is 13.3. The maximum Gasteiger partial charge on any atom is 0.221 e. The monoisotopic (exact) mass is 387 g/mol. The zero-order valence-electron chi connectivity index (χ0n) is 16.2. The molecule has 1 aliphatic heterocycles. The summed E-state index contributed by atoms with van der Waals surface area (Å²) in [7, 11) is 1.58. The van der Waals surface area contributed by atoms with Gasteiger partial charge in [0.25, 0.3) is 0 Å². The third kappa shape index (κ3) is 3.69. The van der Waals surface area contributed by atoms with E-state index in [9.17, 15) is 9.59 Å². The molecule has 2 aromatic carbocycles. The summed E-state index contributed by atoms with van der Waals surface area (Å²) in [5.74, 6) is 0.896. The van der Waals surface area contributed by atoms with Crippen LogP contribution in [0.25, 0.3) is 11.1 Å². The number of ketones is 1. The number of rotatable bonds is 5. The van der Waals surface area contributed by atoms with Crippen LogP contribution in [0.15, 0.2) is 60.8 Å². The van der Waals surface area contributed by atoms with Gasteiger partial charge in [0.15, 0.2) is 5.78 Å². The summed E-state index contributed by atoms with van der Waals surface area (Å²) in [5.41, 5.74) is 4.03. The number of Topliss-reactive ketones (excluding diaryl/α,β-unsaturated/α-hetero) is 1. The smallest absolute Gasteiger partial charge is 0.221 e. The maximum atomic E-state index is 13.3. The van der Waals surface area contributed by atoms with Crippen LogP contribution in [0.1, 0.15) is 28.8 Å². The van der Waals surface area contributed by atoms with Gasteiger partial charge in [-0.1, -0.05) is 24.3 Å². The van der Waals surface area contributed by atoms with Crippen molar-refractivity contribution in [2.24, 2.45) is 0 Å². The predicted octanol–water partition coefficient (Wildman–Crippen LogP) is 4.11. The van der Waals surface area contributed by atoms with Crippen LogP contribution in [0, 0.1) is 0 Å². The van der Waals surface area contributed by atoms with Crippen LogP contribution in [-0.2, 0) is 4.79 Å². The Kier molecular flexibility index (Phi) is 4.99. The number of aromatic nitrogens is 1. The Hall–Kier alpha value is -3.67. The molecule has 1 amide bonds. The highest BCUT2D eigenvalue weighted by Crippen LogP contribution is 2.40. The molecule has 6 heteroatoms. The minimum absolute atomic E-state index is 0.0161. The molecule has 0 saturated heterocycles. The predicted molar refractivity (Wildman–Crippen MR) is 113 cm³/mol. The number of carbonyl (C=O) groups is 2. The minimum atomic E-state index is -0.356. The number of fused-ring (bicyclic) bond motifs is 1. The van der Waals surface area contributed by atoms with Gasteiger partial charge in [0, 0.05) is 36.5 Å². The van der Waals surface area contributed by atoms with Gasteiger partial charge in [0.1, 0.15) is 11.6 Å². The van der Waals surface area contributed by atoms with Crippen molar-refractivity contribution in [1.29, 1.82) is 0 Å². The van der Waals surface area contributed by atoms with Gasteiger partial charge in [-0.2, -0.15) is 0 Å². The van der Waals surface area contributed by atoms with Crippen molar-refractivity contribution in [3.05, 3.63) is 71.9 Å². The quantitative estimate of drug-likeness (QED) is 0.644. The number of nitrogens with zero attached hydrogens (tertiary/aromatic N) is 1. The fraction of sp³-hybridized carbons (Fsp3) is 0.174. The zero-order valence-corrected chi connectivity index (χ0v) is 16.2. The van der Waals surface area contributed by atoms with E-state index in [4.69, 9.17) is 4.74 Å². The fourth-order valence-electron chi connectivity index (χ4n) is 3.69. The van der Waals surface area contributed by atoms with Crippen molar-refractivity contribution in [3.63, 3.8) is 0 Å². The average molecular weight is 387 g/mol. The Balaban J connectivity index is 1.75. The number of nitrogens with one attached hydrogen (secondary N) is 2. The molecule has 0 aliphatic carbocycles. The highest BCUT2D eigenvalue weighted by atomic mass is 16.5. The van der Waals surface area contributed by atoms with Gasteiger partial charge >= 0.3 is 0 Å². The SMILES string of the molecule is COc1cccc(C(=O)C2CNc3nccc(-c4cccc(NC(C)=O)c4)c32)c1. The van der Waals surface area contributed by atoms with Gasteiger partial charge in [-0.3, -0.25) is 9.59 Å². The Bertz CT molecular complexity index is 1090. The van der Waals surface area contributed by atoms with Crippen LogP contribution in [0.3, 0.4) is 0 Å². The van der Waals surface area contributed by atoms with Crippen molar-refractivity contribution in [3.8, 4) is 16.9 Å². The summed E-state index contributed by atoms with van der Waals surface area (Å²) in [5, 5.41) is 6.06. The lowest BCUT2D eigenvalue weighted by atomic mass is 9.88. The molecule has 29 heavy (non-hydrogen) atoms. The molecule has 0 saturated carbocycles. The molecule has 0 radical (unpaired) electrons. The minimum Gasteiger partial charge on any atom is -0.497 e. The summed E-state index contributed by atoms with van der Waals surface area (Å²) < 4.78 is 5.26. The summed E-state index contributed by atoms with van der Waals surface area (Å²) in [4.78, 5) is 29.1. The van der Waals surface area contributed by atoms with E-state index in [-0.39, 0.29) is 17.6 Å². The number of amides is 1. The normalized spacial score (nSPS) is 14.6. The second kappa shape index (κ2) is 7.75. The van der Waals surface area contributed by atoms with E-state index in [1.165, 1.54) is 6.92 Å². The van der Waals surface area contributed by atoms with Crippen LogP contribution in [0.5, 0.6) is 5.75 Å². The van der Waals surface area contributed by atoms with Gasteiger partial charge in [-0.25, -0.2) is 4.98 Å². The Labute approximate surface area is 168 Å². The van der Waals surface area contributed by atoms with Gasteiger partial charge in [0.2, 0.25) is 5.91 Å². The number of ether oxygens (including phenoxy) is 1. The second-order valence-corrected chi connectivity index (χ2v) is 6.91. The summed E-state index contributed by atoms with van der Waals surface area (Å²) >= 11 is 0. The van der Waals surface area contributed by atoms with E-state index >= 15 is 0 Å². The van der Waals surface area contributed by atoms with E-state index in [0.29, 0.717) is 29.4 Å². The Morgan fingerprint density at radius 2 is 1.97 bits per heavy atom. The molecule has 2 N–H and O–H groups in total. The standard InChI is InChI=1S/C23H21N3O3/c1-14(27)26-17-7-3-5-15(11-17)19-9-10-24-23-21(19)20(13-25-23)22(28)16-6-4-8-18(12-16)29-2/h3-12,20H,13H2,1-2H3,(H,24,25)(H,26,27). The first kappa shape index (κ1) is 18.7. The molecule has 3 aromatic rings. The molecule has 146 valence electrons. The fourth-order valence-corrected chi connectivity index (χ4v) is 3.69. The summed E-state index contributed by atoms with van der Waals surface area (Å²) in [6.45, 7) is 1.96. The highest BCUT2D eigenvalue weighted by molar-refractivity contribution is 6.04. The van der Waals surface area contributed by atoms with Crippen molar-refractivity contribution >= 4 is 23.2 Å². The number of hydrogen-bond donors (Lipinski definition) is 2. The van der Waals surface area contributed by atoms with Crippen LogP contribution in [-0.4, -0.2) is 30.3 Å². The number of hydrogen-bond acceptors (Lipinski definition) is 5. The molecule has 1 aromatic heterocycles. The van der Waals surface area contributed by atoms with E-state index in [2.05, 4.69) is 15.6 Å². The number of anilines is 2. The van der Waals surface area contributed by atoms with E-state index in [0.717, 1.165) is 16.7 Å². The number of benzene rings is 2. The highest BCUT2D eigenvalue weighted by Gasteiger charge is 2.33. The molecule has 1 atom stereocenters. The number of pyridine rings is 1. The van der Waals surface area contributed by atoms with Crippen LogP contribution in [0.2, 0.25) is 0 Å². The largest absolute Gasteiger partial charge is 0.497 e. The number of methoxy groups -OCH3 is 1. The first-order valence-corrected chi connectivity index (χ1v) is 9.36. The van der Waals surface area contributed by atoms with Gasteiger partial charge in [-0.05, 0) is 41.5 Å². The van der Waals surface area contributed by atoms with E-state index in [1.807, 2.05) is 42.5 Å². The van der Waals surface area contributed by atoms with Crippen LogP contribution < -0.4 is 15.4 Å². The average Bonchev–Trinajstić information content (AvgIpc) is 3.17. The Morgan fingerprint density at radius 1 is 1.14 bits per heavy atom. The molecular weight excluding hydrogens is 366 g/mol. The molecule has 2 heterocycles. The molecule has 0 fully saturated rings. The molecule has 1 aliphatic rings. The summed E-state index contributed by atoms with van der Waals surface area (Å²) in [6.07, 6.45) is 1.73. The first-order valence-electron chi connectivity index (χ1n) is 9.36. The van der Waals surface area contributed by atoms with E-state index in [1.54, 1.807) is 25.4 Å². The third-order valence-electron chi connectivity index (χ3n) is 4.98. The van der Waals surface area contributed by atoms with Crippen molar-refractivity contribution < 1.29 is 14.3 Å². The van der Waals surface area contributed by atoms with Gasteiger partial charge in [0.05, 0.1) is 13.0 Å². The molecule has 0 bridgehead atoms. The zero-order chi connectivity index (χ0) is 20.4. The van der Waals surface area contributed by atoms with Crippen molar-refractivity contribution in [2.45, 2.75) is 12.8 Å². The number of carbonyl (C=O) groups excluding carboxylic acids is 2. The van der Waals surface area contributed by atoms with E-state index < -0.39 is 0 Å². The van der Waals surface area contributed by atoms with Gasteiger partial charge in [-0.15, -0.1) is 0 Å². The topological polar surface area (TPSA) is 80.3 Å². The first-order chi connectivity index (χ1) is 14.1. The van der Waals surface area contributed by atoms with Crippen molar-refractivity contribution in [1.82, 2.24) is 4.98 Å². The lowest BCUT2D eigenvalue weighted by molar-refractivity contribution is -0.114. The van der Waals surface area contributed by atoms with Crippen LogP contribution >= 0.6 is 0 Å². The molecule has 1 unspecified atom stereocenters. The molecule has 4 rings (SSSR count). The van der Waals surface area contributed by atoms with Gasteiger partial charge < -0.3 is 15.4 Å². The van der Waals surface area contributed by atoms with Crippen LogP contribution in [0.4, 0.5) is 11.5 Å². The molecule has 6 nitrogen and oxygen atoms in total. The third-order valence-corrected chi connectivity index (χ3v) is 4.98. The lowest BCUT2D eigenvalue weighted by Crippen LogP contribution is -2.15. The summed E-state index contributed by atoms with van der Waals surface area (Å²) in [6, 6.07) is 16.7. The molecule has 0 spiro atoms. The Morgan fingerprint density at radius 3 is 2.76 bits per heavy atom. The second-order valence-electron chi connectivity index (χ2n) is 6.91. The lowest BCUT2D eigenvalue weighted by Gasteiger charge is -2.15.